The lowest BCUT2D eigenvalue weighted by Gasteiger charge is -2.00. The van der Waals surface area contributed by atoms with Gasteiger partial charge in [0.2, 0.25) is 0 Å². The summed E-state index contributed by atoms with van der Waals surface area (Å²) in [4.78, 5) is 0. The van der Waals surface area contributed by atoms with Crippen molar-refractivity contribution in [3.8, 4) is 11.8 Å². The highest BCUT2D eigenvalue weighted by Crippen LogP contribution is 2.27. The van der Waals surface area contributed by atoms with Gasteiger partial charge in [0.25, 0.3) is 0 Å². The maximum atomic E-state index is 12.7. The lowest BCUT2D eigenvalue weighted by Crippen LogP contribution is -1.85. The Morgan fingerprint density at radius 3 is 2.75 bits per heavy atom. The van der Waals surface area contributed by atoms with Gasteiger partial charge in [0, 0.05) is 0 Å². The fraction of sp³-hybridized carbons (Fsp3) is 0.125. The maximum absolute atomic E-state index is 12.7. The highest BCUT2D eigenvalue weighted by Gasteiger charge is 2.07. The number of hydrogen-bond acceptors (Lipinski definition) is 2. The molecular formula is C8H5ClFNO. The van der Waals surface area contributed by atoms with Gasteiger partial charge < -0.3 is 5.11 Å². The molecule has 0 aliphatic heterocycles. The molecule has 0 saturated heterocycles. The first-order valence-electron chi connectivity index (χ1n) is 3.19. The summed E-state index contributed by atoms with van der Waals surface area (Å²) in [6, 6.07) is 4.30. The molecule has 1 N–H and O–H groups in total. The highest BCUT2D eigenvalue weighted by molar-refractivity contribution is 6.32. The minimum atomic E-state index is -0.798. The Bertz CT molecular complexity index is 322. The average Bonchev–Trinajstić information content (AvgIpc) is 2.01. The predicted molar refractivity (Wildman–Crippen MR) is 42.4 cm³/mol. The lowest BCUT2D eigenvalue weighted by atomic mass is 10.1. The smallest absolute Gasteiger partial charge is 0.170 e. The molecule has 0 unspecified atom stereocenters. The molecular weight excluding hydrogens is 181 g/mol. The summed E-state index contributed by atoms with van der Waals surface area (Å²) >= 11 is 5.46. The molecule has 0 radical (unpaired) electrons. The van der Waals surface area contributed by atoms with E-state index in [1.54, 1.807) is 0 Å². The zero-order chi connectivity index (χ0) is 9.14. The molecule has 0 saturated carbocycles. The Morgan fingerprint density at radius 2 is 2.25 bits per heavy atom. The van der Waals surface area contributed by atoms with E-state index in [4.69, 9.17) is 22.0 Å². The quantitative estimate of drug-likeness (QED) is 0.729. The zero-order valence-electron chi connectivity index (χ0n) is 6.01. The summed E-state index contributed by atoms with van der Waals surface area (Å²) in [6.07, 6.45) is 0.0803. The Labute approximate surface area is 73.8 Å². The van der Waals surface area contributed by atoms with Crippen molar-refractivity contribution in [1.29, 1.82) is 5.26 Å². The molecule has 0 atom stereocenters. The van der Waals surface area contributed by atoms with Crippen LogP contribution in [0.15, 0.2) is 12.1 Å². The number of rotatable bonds is 1. The van der Waals surface area contributed by atoms with Gasteiger partial charge in [0.15, 0.2) is 11.6 Å². The van der Waals surface area contributed by atoms with Gasteiger partial charge in [-0.05, 0) is 17.7 Å². The fourth-order valence-corrected chi connectivity index (χ4v) is 1.04. The van der Waals surface area contributed by atoms with Gasteiger partial charge in [0.1, 0.15) is 0 Å². The molecule has 0 fully saturated rings. The van der Waals surface area contributed by atoms with Crippen LogP contribution in [0.5, 0.6) is 5.75 Å². The van der Waals surface area contributed by atoms with Crippen molar-refractivity contribution in [2.45, 2.75) is 6.42 Å². The van der Waals surface area contributed by atoms with E-state index in [-0.39, 0.29) is 11.4 Å². The van der Waals surface area contributed by atoms with Crippen LogP contribution in [0.2, 0.25) is 5.02 Å². The summed E-state index contributed by atoms with van der Waals surface area (Å²) < 4.78 is 12.7. The van der Waals surface area contributed by atoms with Crippen molar-refractivity contribution in [3.63, 3.8) is 0 Å². The van der Waals surface area contributed by atoms with Crippen LogP contribution in [0.4, 0.5) is 4.39 Å². The number of nitriles is 1. The van der Waals surface area contributed by atoms with E-state index in [2.05, 4.69) is 0 Å². The van der Waals surface area contributed by atoms with Crippen molar-refractivity contribution in [2.24, 2.45) is 0 Å². The van der Waals surface area contributed by atoms with E-state index in [1.165, 1.54) is 6.07 Å². The van der Waals surface area contributed by atoms with E-state index in [0.717, 1.165) is 6.07 Å². The molecule has 1 aromatic carbocycles. The first kappa shape index (κ1) is 8.82. The van der Waals surface area contributed by atoms with Gasteiger partial charge in [0.05, 0.1) is 17.5 Å². The van der Waals surface area contributed by atoms with E-state index < -0.39 is 11.6 Å². The molecule has 0 amide bonds. The number of hydrogen-bond donors (Lipinski definition) is 1. The van der Waals surface area contributed by atoms with Crippen molar-refractivity contribution in [1.82, 2.24) is 0 Å². The van der Waals surface area contributed by atoms with Gasteiger partial charge in [-0.15, -0.1) is 0 Å². The van der Waals surface area contributed by atoms with Gasteiger partial charge in [-0.1, -0.05) is 11.6 Å². The zero-order valence-corrected chi connectivity index (χ0v) is 6.77. The van der Waals surface area contributed by atoms with Crippen molar-refractivity contribution >= 4 is 11.6 Å². The van der Waals surface area contributed by atoms with Crippen LogP contribution in [0, 0.1) is 17.1 Å². The van der Waals surface area contributed by atoms with Crippen LogP contribution < -0.4 is 0 Å². The first-order valence-corrected chi connectivity index (χ1v) is 3.56. The van der Waals surface area contributed by atoms with Crippen molar-refractivity contribution in [3.05, 3.63) is 28.5 Å². The van der Waals surface area contributed by atoms with Crippen LogP contribution in [-0.4, -0.2) is 5.11 Å². The molecule has 12 heavy (non-hydrogen) atoms. The Hall–Kier alpha value is -1.27. The van der Waals surface area contributed by atoms with E-state index in [1.807, 2.05) is 6.07 Å². The number of benzene rings is 1. The molecule has 0 heterocycles. The third kappa shape index (κ3) is 1.66. The number of phenols is 1. The van der Waals surface area contributed by atoms with Crippen LogP contribution in [0.25, 0.3) is 0 Å². The molecule has 1 rings (SSSR count). The normalized spacial score (nSPS) is 9.42. The second-order valence-electron chi connectivity index (χ2n) is 2.24. The largest absolute Gasteiger partial charge is 0.504 e. The lowest BCUT2D eigenvalue weighted by molar-refractivity contribution is 0.432. The Balaban J connectivity index is 3.14. The van der Waals surface area contributed by atoms with Crippen LogP contribution in [-0.2, 0) is 6.42 Å². The molecule has 0 bridgehead atoms. The minimum Gasteiger partial charge on any atom is -0.504 e. The van der Waals surface area contributed by atoms with Crippen molar-refractivity contribution in [2.75, 3.05) is 0 Å². The van der Waals surface area contributed by atoms with Crippen LogP contribution >= 0.6 is 11.6 Å². The Kier molecular flexibility index (Phi) is 2.51. The molecule has 62 valence electrons. The number of nitrogens with zero attached hydrogens (tertiary/aromatic N) is 1. The number of aromatic hydroxyl groups is 1. The average molecular weight is 186 g/mol. The van der Waals surface area contributed by atoms with Crippen LogP contribution in [0.3, 0.4) is 0 Å². The van der Waals surface area contributed by atoms with Gasteiger partial charge >= 0.3 is 0 Å². The van der Waals surface area contributed by atoms with Gasteiger partial charge in [-0.25, -0.2) is 4.39 Å². The summed E-state index contributed by atoms with van der Waals surface area (Å²) in [6.45, 7) is 0. The summed E-state index contributed by atoms with van der Waals surface area (Å²) in [5.41, 5.74) is 0.456. The minimum absolute atomic E-state index is 0.0692. The third-order valence-corrected chi connectivity index (χ3v) is 1.65. The SMILES string of the molecule is N#CCc1cc(F)c(O)c(Cl)c1. The first-order chi connectivity index (χ1) is 5.65. The second kappa shape index (κ2) is 3.42. The summed E-state index contributed by atoms with van der Waals surface area (Å²) in [5.74, 6) is -1.37. The molecule has 0 aliphatic carbocycles. The van der Waals surface area contributed by atoms with E-state index in [0.29, 0.717) is 5.56 Å². The van der Waals surface area contributed by atoms with Crippen molar-refractivity contribution < 1.29 is 9.50 Å². The summed E-state index contributed by atoms with van der Waals surface area (Å²) in [7, 11) is 0. The van der Waals surface area contributed by atoms with Crippen LogP contribution in [0.1, 0.15) is 5.56 Å². The summed E-state index contributed by atoms with van der Waals surface area (Å²) in [5, 5.41) is 17.1. The number of phenolic OH excluding ortho intramolecular Hbond substituents is 1. The molecule has 0 spiro atoms. The Morgan fingerprint density at radius 1 is 1.58 bits per heavy atom. The standard InChI is InChI=1S/C8H5ClFNO/c9-6-3-5(1-2-11)4-7(10)8(6)12/h3-4,12H,1H2. The molecule has 4 heteroatoms. The van der Waals surface area contributed by atoms with Gasteiger partial charge in [-0.2, -0.15) is 5.26 Å². The monoisotopic (exact) mass is 185 g/mol. The van der Waals surface area contributed by atoms with E-state index >= 15 is 0 Å². The third-order valence-electron chi connectivity index (χ3n) is 1.36. The maximum Gasteiger partial charge on any atom is 0.170 e. The highest BCUT2D eigenvalue weighted by atomic mass is 35.5. The topological polar surface area (TPSA) is 44.0 Å². The second-order valence-corrected chi connectivity index (χ2v) is 2.65. The number of halogens is 2. The molecule has 0 aromatic heterocycles. The van der Waals surface area contributed by atoms with Gasteiger partial charge in [-0.3, -0.25) is 0 Å². The predicted octanol–water partition coefficient (Wildman–Crippen LogP) is 2.25. The fourth-order valence-electron chi connectivity index (χ4n) is 0.811. The molecule has 2 nitrogen and oxygen atoms in total. The molecule has 0 aliphatic rings. The van der Waals surface area contributed by atoms with E-state index in [9.17, 15) is 4.39 Å². The molecule has 1 aromatic rings.